The van der Waals surface area contributed by atoms with Gasteiger partial charge in [-0.15, -0.1) is 0 Å². The van der Waals surface area contributed by atoms with Gasteiger partial charge in [0, 0.05) is 44.1 Å². The smallest absolute Gasteiger partial charge is 0.222 e. The number of carbonyl (C=O) groups excluding carboxylic acids is 1. The second-order valence-corrected chi connectivity index (χ2v) is 7.21. The molecule has 2 aromatic heterocycles. The lowest BCUT2D eigenvalue weighted by Gasteiger charge is -2.33. The minimum atomic E-state index is 0.0515. The van der Waals surface area contributed by atoms with Crippen LogP contribution in [0.1, 0.15) is 36.6 Å². The van der Waals surface area contributed by atoms with Gasteiger partial charge in [-0.3, -0.25) is 14.4 Å². The Hall–Kier alpha value is -2.41. The number of hydrogen-bond donors (Lipinski definition) is 1. The summed E-state index contributed by atoms with van der Waals surface area (Å²) in [7, 11) is 1.64. The van der Waals surface area contributed by atoms with E-state index in [0.717, 1.165) is 37.4 Å². The number of hydrogen-bond acceptors (Lipinski definition) is 5. The first kappa shape index (κ1) is 17.0. The molecule has 3 heterocycles. The molecule has 0 unspecified atom stereocenters. The van der Waals surface area contributed by atoms with Crippen molar-refractivity contribution in [2.24, 2.45) is 5.92 Å². The molecule has 4 rings (SSSR count). The molecule has 0 radical (unpaired) electrons. The third-order valence-corrected chi connectivity index (χ3v) is 5.10. The van der Waals surface area contributed by atoms with Crippen molar-refractivity contribution in [1.29, 1.82) is 0 Å². The van der Waals surface area contributed by atoms with E-state index in [0.29, 0.717) is 18.2 Å². The Labute approximate surface area is 153 Å². The topological polar surface area (TPSA) is 72.3 Å². The number of carbonyl (C=O) groups is 1. The fourth-order valence-electron chi connectivity index (χ4n) is 3.57. The summed E-state index contributed by atoms with van der Waals surface area (Å²) in [4.78, 5) is 18.9. The monoisotopic (exact) mass is 355 g/mol. The van der Waals surface area contributed by atoms with Gasteiger partial charge in [-0.05, 0) is 30.9 Å². The lowest BCUT2D eigenvalue weighted by atomic mass is 10.1. The number of fused-ring (bicyclic) bond motifs is 1. The Morgan fingerprint density at radius 1 is 1.35 bits per heavy atom. The molecule has 0 bridgehead atoms. The summed E-state index contributed by atoms with van der Waals surface area (Å²) in [6.07, 6.45) is 6.50. The van der Waals surface area contributed by atoms with Crippen molar-refractivity contribution < 1.29 is 9.53 Å². The molecule has 1 atom stereocenters. The van der Waals surface area contributed by atoms with E-state index in [2.05, 4.69) is 20.3 Å². The molecule has 7 nitrogen and oxygen atoms in total. The van der Waals surface area contributed by atoms with Gasteiger partial charge in [0.1, 0.15) is 0 Å². The summed E-state index contributed by atoms with van der Waals surface area (Å²) >= 11 is 0. The SMILES string of the molecule is COc1ncccc1CN1Cc2ccnn2[C@@H](CC(=O)NCC2CC2)C1. The van der Waals surface area contributed by atoms with Crippen molar-refractivity contribution in [2.45, 2.75) is 38.4 Å². The van der Waals surface area contributed by atoms with Crippen LogP contribution in [0.2, 0.25) is 0 Å². The zero-order valence-electron chi connectivity index (χ0n) is 15.1. The first-order chi connectivity index (χ1) is 12.7. The van der Waals surface area contributed by atoms with Crippen LogP contribution in [0.4, 0.5) is 0 Å². The molecule has 1 amide bonds. The molecule has 1 aliphatic heterocycles. The molecule has 2 aliphatic rings. The van der Waals surface area contributed by atoms with Crippen molar-refractivity contribution in [3.05, 3.63) is 41.9 Å². The highest BCUT2D eigenvalue weighted by Gasteiger charge is 2.29. The van der Waals surface area contributed by atoms with E-state index in [1.165, 1.54) is 12.8 Å². The van der Waals surface area contributed by atoms with Crippen molar-refractivity contribution in [2.75, 3.05) is 20.2 Å². The minimum absolute atomic E-state index is 0.0515. The summed E-state index contributed by atoms with van der Waals surface area (Å²) in [5, 5.41) is 7.52. The van der Waals surface area contributed by atoms with E-state index >= 15 is 0 Å². The Morgan fingerprint density at radius 2 is 2.23 bits per heavy atom. The van der Waals surface area contributed by atoms with Crippen molar-refractivity contribution in [1.82, 2.24) is 25.0 Å². The van der Waals surface area contributed by atoms with Gasteiger partial charge < -0.3 is 10.1 Å². The van der Waals surface area contributed by atoms with Crippen LogP contribution >= 0.6 is 0 Å². The van der Waals surface area contributed by atoms with Crippen LogP contribution in [0.3, 0.4) is 0 Å². The van der Waals surface area contributed by atoms with E-state index in [1.54, 1.807) is 13.3 Å². The number of aromatic nitrogens is 3. The Bertz CT molecular complexity index is 771. The molecule has 0 spiro atoms. The Kier molecular flexibility index (Phi) is 4.88. The summed E-state index contributed by atoms with van der Waals surface area (Å²) in [6, 6.07) is 6.04. The van der Waals surface area contributed by atoms with E-state index in [1.807, 2.05) is 29.1 Å². The van der Waals surface area contributed by atoms with Crippen LogP contribution in [-0.4, -0.2) is 45.8 Å². The van der Waals surface area contributed by atoms with Gasteiger partial charge in [0.05, 0.1) is 25.3 Å². The molecular weight excluding hydrogens is 330 g/mol. The highest BCUT2D eigenvalue weighted by atomic mass is 16.5. The molecule has 0 saturated heterocycles. The number of nitrogens with zero attached hydrogens (tertiary/aromatic N) is 4. The average Bonchev–Trinajstić information content (AvgIpc) is 3.36. The zero-order chi connectivity index (χ0) is 17.9. The molecular formula is C19H25N5O2. The number of ether oxygens (including phenoxy) is 1. The highest BCUT2D eigenvalue weighted by Crippen LogP contribution is 2.28. The first-order valence-corrected chi connectivity index (χ1v) is 9.22. The molecule has 1 saturated carbocycles. The van der Waals surface area contributed by atoms with Crippen LogP contribution in [0.5, 0.6) is 5.88 Å². The number of rotatable bonds is 7. The number of nitrogens with one attached hydrogen (secondary N) is 1. The summed E-state index contributed by atoms with van der Waals surface area (Å²) in [6.45, 7) is 3.14. The van der Waals surface area contributed by atoms with Gasteiger partial charge in [-0.2, -0.15) is 5.10 Å². The third kappa shape index (κ3) is 3.88. The highest BCUT2D eigenvalue weighted by molar-refractivity contribution is 5.76. The molecule has 1 aliphatic carbocycles. The molecule has 0 aromatic carbocycles. The lowest BCUT2D eigenvalue weighted by Crippen LogP contribution is -2.40. The quantitative estimate of drug-likeness (QED) is 0.819. The zero-order valence-corrected chi connectivity index (χ0v) is 15.1. The van der Waals surface area contributed by atoms with Crippen molar-refractivity contribution >= 4 is 5.91 Å². The maximum Gasteiger partial charge on any atom is 0.222 e. The normalized spacial score (nSPS) is 19.8. The minimum Gasteiger partial charge on any atom is -0.481 e. The predicted molar refractivity (Wildman–Crippen MR) is 96.5 cm³/mol. The summed E-state index contributed by atoms with van der Waals surface area (Å²) < 4.78 is 7.38. The fourth-order valence-corrected chi connectivity index (χ4v) is 3.57. The van der Waals surface area contributed by atoms with Crippen LogP contribution in [0.15, 0.2) is 30.6 Å². The van der Waals surface area contributed by atoms with Crippen LogP contribution < -0.4 is 10.1 Å². The van der Waals surface area contributed by atoms with E-state index in [4.69, 9.17) is 4.74 Å². The van der Waals surface area contributed by atoms with Crippen molar-refractivity contribution in [3.63, 3.8) is 0 Å². The van der Waals surface area contributed by atoms with Crippen LogP contribution in [0.25, 0.3) is 0 Å². The molecule has 1 N–H and O–H groups in total. The maximum atomic E-state index is 12.3. The summed E-state index contributed by atoms with van der Waals surface area (Å²) in [5.41, 5.74) is 2.19. The first-order valence-electron chi connectivity index (χ1n) is 9.22. The van der Waals surface area contributed by atoms with Gasteiger partial charge in [-0.25, -0.2) is 4.98 Å². The van der Waals surface area contributed by atoms with E-state index in [-0.39, 0.29) is 11.9 Å². The fraction of sp³-hybridized carbons (Fsp3) is 0.526. The second-order valence-electron chi connectivity index (χ2n) is 7.21. The molecule has 1 fully saturated rings. The molecule has 26 heavy (non-hydrogen) atoms. The standard InChI is InChI=1S/C19H25N5O2/c1-26-19-15(3-2-7-20-19)11-23-12-16-6-8-22-24(16)17(13-23)9-18(25)21-10-14-4-5-14/h2-3,6-8,14,17H,4-5,9-13H2,1H3,(H,21,25)/t17-/m0/s1. The van der Waals surface area contributed by atoms with Gasteiger partial charge in [0.15, 0.2) is 0 Å². The summed E-state index contributed by atoms with van der Waals surface area (Å²) in [5.74, 6) is 1.47. The van der Waals surface area contributed by atoms with Gasteiger partial charge in [0.25, 0.3) is 0 Å². The average molecular weight is 355 g/mol. The van der Waals surface area contributed by atoms with E-state index < -0.39 is 0 Å². The number of amides is 1. The predicted octanol–water partition coefficient (Wildman–Crippen LogP) is 1.76. The van der Waals surface area contributed by atoms with Crippen LogP contribution in [-0.2, 0) is 17.9 Å². The van der Waals surface area contributed by atoms with Gasteiger partial charge in [0.2, 0.25) is 11.8 Å². The lowest BCUT2D eigenvalue weighted by molar-refractivity contribution is -0.122. The molecule has 138 valence electrons. The van der Waals surface area contributed by atoms with Crippen molar-refractivity contribution in [3.8, 4) is 5.88 Å². The maximum absolute atomic E-state index is 12.3. The third-order valence-electron chi connectivity index (χ3n) is 5.10. The Morgan fingerprint density at radius 3 is 3.04 bits per heavy atom. The molecule has 7 heteroatoms. The Balaban J connectivity index is 1.44. The largest absolute Gasteiger partial charge is 0.481 e. The second kappa shape index (κ2) is 7.45. The van der Waals surface area contributed by atoms with Crippen LogP contribution in [0, 0.1) is 5.92 Å². The molecule has 2 aromatic rings. The van der Waals surface area contributed by atoms with Gasteiger partial charge >= 0.3 is 0 Å². The number of methoxy groups -OCH3 is 1. The van der Waals surface area contributed by atoms with E-state index in [9.17, 15) is 4.79 Å². The number of pyridine rings is 1. The van der Waals surface area contributed by atoms with Gasteiger partial charge in [-0.1, -0.05) is 6.07 Å².